The number of aromatic nitrogens is 1. The second-order valence-electron chi connectivity index (χ2n) is 7.00. The molecule has 1 aromatic heterocycles. The van der Waals surface area contributed by atoms with Crippen LogP contribution in [0.3, 0.4) is 0 Å². The average Bonchev–Trinajstić information content (AvgIpc) is 2.85. The highest BCUT2D eigenvalue weighted by molar-refractivity contribution is 6.02. The van der Waals surface area contributed by atoms with Gasteiger partial charge in [0.25, 0.3) is 0 Å². The summed E-state index contributed by atoms with van der Waals surface area (Å²) in [5.41, 5.74) is 2.27. The summed E-state index contributed by atoms with van der Waals surface area (Å²) < 4.78 is 1.57. The van der Waals surface area contributed by atoms with Crippen molar-refractivity contribution < 1.29 is 14.7 Å². The lowest BCUT2D eigenvalue weighted by molar-refractivity contribution is 0.0686. The monoisotopic (exact) mass is 338 g/mol. The first kappa shape index (κ1) is 18.5. The lowest BCUT2D eigenvalue weighted by Gasteiger charge is -2.16. The van der Waals surface area contributed by atoms with Crippen LogP contribution >= 0.6 is 0 Å². The predicted molar refractivity (Wildman–Crippen MR) is 97.2 cm³/mol. The highest BCUT2D eigenvalue weighted by Crippen LogP contribution is 2.39. The Hall–Kier alpha value is -2.87. The van der Waals surface area contributed by atoms with Crippen LogP contribution in [0.25, 0.3) is 16.0 Å². The van der Waals surface area contributed by atoms with E-state index in [0.29, 0.717) is 34.5 Å². The smallest absolute Gasteiger partial charge is 0.351 e. The van der Waals surface area contributed by atoms with Crippen LogP contribution in [0.1, 0.15) is 54.2 Å². The van der Waals surface area contributed by atoms with E-state index in [4.69, 9.17) is 6.57 Å². The minimum absolute atomic E-state index is 0.0187. The van der Waals surface area contributed by atoms with Crippen LogP contribution in [0.2, 0.25) is 0 Å². The predicted octanol–water partition coefficient (Wildman–Crippen LogP) is 4.73. The Morgan fingerprint density at radius 1 is 1.20 bits per heavy atom. The number of rotatable bonds is 4. The molecule has 0 saturated carbocycles. The van der Waals surface area contributed by atoms with Crippen LogP contribution in [0.5, 0.6) is 0 Å². The molecule has 0 saturated heterocycles. The van der Waals surface area contributed by atoms with Gasteiger partial charge in [0.2, 0.25) is 5.69 Å². The Kier molecular flexibility index (Phi) is 4.85. The van der Waals surface area contributed by atoms with Gasteiger partial charge in [-0.05, 0) is 12.0 Å². The number of hydrogen-bond donors (Lipinski definition) is 1. The number of carbonyl (C=O) groups excluding carboxylic acids is 1. The molecule has 2 rings (SSSR count). The SMILES string of the molecule is [C-]#[N+]c1c(-c2ccc(C(=O)C(C)(C)C)cc2)c(C(=O)O)n(C)c1CC. The van der Waals surface area contributed by atoms with Gasteiger partial charge in [-0.25, -0.2) is 9.64 Å². The maximum atomic E-state index is 12.4. The zero-order chi connectivity index (χ0) is 18.9. The molecule has 0 bridgehead atoms. The molecule has 0 unspecified atom stereocenters. The van der Waals surface area contributed by atoms with Gasteiger partial charge >= 0.3 is 5.97 Å². The number of carbonyl (C=O) groups is 2. The number of aromatic carboxylic acids is 1. The third-order valence-corrected chi connectivity index (χ3v) is 4.25. The van der Waals surface area contributed by atoms with Crippen molar-refractivity contribution in [1.29, 1.82) is 0 Å². The number of carboxylic acid groups (broad SMARTS) is 1. The highest BCUT2D eigenvalue weighted by Gasteiger charge is 2.27. The molecule has 1 aromatic carbocycles. The zero-order valence-corrected chi connectivity index (χ0v) is 15.2. The first-order chi connectivity index (χ1) is 11.6. The minimum atomic E-state index is -1.07. The third-order valence-electron chi connectivity index (χ3n) is 4.25. The molecule has 1 heterocycles. The lowest BCUT2D eigenvalue weighted by Crippen LogP contribution is -2.19. The summed E-state index contributed by atoms with van der Waals surface area (Å²) in [5, 5.41) is 9.61. The van der Waals surface area contributed by atoms with E-state index in [1.54, 1.807) is 35.9 Å². The van der Waals surface area contributed by atoms with E-state index in [-0.39, 0.29) is 11.5 Å². The Bertz CT molecular complexity index is 876. The normalized spacial score (nSPS) is 11.2. The molecule has 5 nitrogen and oxygen atoms in total. The molecule has 0 aliphatic heterocycles. The average molecular weight is 338 g/mol. The fourth-order valence-electron chi connectivity index (χ4n) is 2.99. The van der Waals surface area contributed by atoms with Crippen LogP contribution in [0.4, 0.5) is 5.69 Å². The van der Waals surface area contributed by atoms with Crippen molar-refractivity contribution in [3.05, 3.63) is 52.6 Å². The van der Waals surface area contributed by atoms with Crippen LogP contribution in [0, 0.1) is 12.0 Å². The van der Waals surface area contributed by atoms with E-state index in [0.717, 1.165) is 0 Å². The number of ketones is 1. The number of benzene rings is 1. The van der Waals surface area contributed by atoms with Crippen molar-refractivity contribution in [2.75, 3.05) is 0 Å². The molecule has 0 aliphatic carbocycles. The van der Waals surface area contributed by atoms with E-state index in [1.807, 2.05) is 27.7 Å². The number of nitrogens with zero attached hydrogens (tertiary/aromatic N) is 2. The Labute approximate surface area is 147 Å². The first-order valence-corrected chi connectivity index (χ1v) is 8.11. The largest absolute Gasteiger partial charge is 0.477 e. The van der Waals surface area contributed by atoms with Crippen molar-refractivity contribution in [2.45, 2.75) is 34.1 Å². The molecule has 1 N–H and O–H groups in total. The first-order valence-electron chi connectivity index (χ1n) is 8.11. The van der Waals surface area contributed by atoms with E-state index >= 15 is 0 Å². The Balaban J connectivity index is 2.65. The van der Waals surface area contributed by atoms with Crippen molar-refractivity contribution in [3.8, 4) is 11.1 Å². The summed E-state index contributed by atoms with van der Waals surface area (Å²) in [6.07, 6.45) is 0.565. The van der Waals surface area contributed by atoms with Gasteiger partial charge in [-0.2, -0.15) is 0 Å². The summed E-state index contributed by atoms with van der Waals surface area (Å²) in [7, 11) is 1.66. The molecular formula is C20H22N2O3. The molecule has 0 spiro atoms. The Morgan fingerprint density at radius 2 is 1.76 bits per heavy atom. The summed E-state index contributed by atoms with van der Waals surface area (Å²) in [5.74, 6) is -1.05. The summed E-state index contributed by atoms with van der Waals surface area (Å²) in [6, 6.07) is 6.82. The van der Waals surface area contributed by atoms with Gasteiger partial charge in [-0.1, -0.05) is 52.0 Å². The summed E-state index contributed by atoms with van der Waals surface area (Å²) >= 11 is 0. The molecule has 0 amide bonds. The molecule has 2 aromatic rings. The number of hydrogen-bond acceptors (Lipinski definition) is 2. The van der Waals surface area contributed by atoms with Crippen LogP contribution < -0.4 is 0 Å². The standard InChI is InChI=1S/C20H22N2O3/c1-7-14-16(21-5)15(17(19(24)25)22(14)6)12-8-10-13(11-9-12)18(23)20(2,3)4/h8-11H,7H2,1-4,6H3,(H,24,25). The fourth-order valence-corrected chi connectivity index (χ4v) is 2.99. The van der Waals surface area contributed by atoms with E-state index in [1.165, 1.54) is 0 Å². The van der Waals surface area contributed by atoms with Crippen LogP contribution in [0.15, 0.2) is 24.3 Å². The zero-order valence-electron chi connectivity index (χ0n) is 15.2. The number of carboxylic acids is 1. The Morgan fingerprint density at radius 3 is 2.16 bits per heavy atom. The second-order valence-corrected chi connectivity index (χ2v) is 7.00. The van der Waals surface area contributed by atoms with Crippen molar-refractivity contribution >= 4 is 17.4 Å². The molecule has 0 aliphatic rings. The van der Waals surface area contributed by atoms with E-state index < -0.39 is 11.4 Å². The molecule has 5 heteroatoms. The quantitative estimate of drug-likeness (QED) is 0.647. The van der Waals surface area contributed by atoms with Crippen LogP contribution in [-0.4, -0.2) is 21.4 Å². The molecule has 25 heavy (non-hydrogen) atoms. The molecule has 0 radical (unpaired) electrons. The number of Topliss-reactive ketones (excluding diaryl/α,β-unsaturated/α-hetero) is 1. The molecule has 0 fully saturated rings. The van der Waals surface area contributed by atoms with Gasteiger partial charge in [0, 0.05) is 29.3 Å². The topological polar surface area (TPSA) is 63.7 Å². The minimum Gasteiger partial charge on any atom is -0.477 e. The van der Waals surface area contributed by atoms with Crippen molar-refractivity contribution in [2.24, 2.45) is 12.5 Å². The van der Waals surface area contributed by atoms with Gasteiger partial charge in [0.1, 0.15) is 5.69 Å². The second kappa shape index (κ2) is 6.56. The van der Waals surface area contributed by atoms with E-state index in [9.17, 15) is 14.7 Å². The lowest BCUT2D eigenvalue weighted by atomic mass is 9.86. The molecular weight excluding hydrogens is 316 g/mol. The highest BCUT2D eigenvalue weighted by atomic mass is 16.4. The third kappa shape index (κ3) is 3.20. The van der Waals surface area contributed by atoms with Gasteiger partial charge in [-0.15, -0.1) is 0 Å². The molecule has 0 atom stereocenters. The van der Waals surface area contributed by atoms with Crippen molar-refractivity contribution in [3.63, 3.8) is 0 Å². The van der Waals surface area contributed by atoms with Gasteiger partial charge < -0.3 is 9.67 Å². The van der Waals surface area contributed by atoms with Gasteiger partial charge in [-0.3, -0.25) is 4.79 Å². The van der Waals surface area contributed by atoms with E-state index in [2.05, 4.69) is 4.85 Å². The van der Waals surface area contributed by atoms with Gasteiger partial charge in [0.05, 0.1) is 6.57 Å². The van der Waals surface area contributed by atoms with Crippen molar-refractivity contribution in [1.82, 2.24) is 4.57 Å². The van der Waals surface area contributed by atoms with Crippen LogP contribution in [-0.2, 0) is 13.5 Å². The molecule has 130 valence electrons. The fraction of sp³-hybridized carbons (Fsp3) is 0.350. The summed E-state index contributed by atoms with van der Waals surface area (Å²) in [6.45, 7) is 14.9. The maximum absolute atomic E-state index is 12.4. The maximum Gasteiger partial charge on any atom is 0.351 e. The van der Waals surface area contributed by atoms with Gasteiger partial charge in [0.15, 0.2) is 5.78 Å². The summed E-state index contributed by atoms with van der Waals surface area (Å²) in [4.78, 5) is 27.7.